The molecule has 1 atom stereocenters. The summed E-state index contributed by atoms with van der Waals surface area (Å²) in [6.07, 6.45) is 3.25. The highest BCUT2D eigenvalue weighted by Crippen LogP contribution is 2.27. The van der Waals surface area contributed by atoms with Crippen LogP contribution >= 0.6 is 15.9 Å². The van der Waals surface area contributed by atoms with Crippen LogP contribution in [-0.4, -0.2) is 13.2 Å². The predicted molar refractivity (Wildman–Crippen MR) is 81.1 cm³/mol. The van der Waals surface area contributed by atoms with Crippen molar-refractivity contribution in [3.8, 4) is 5.75 Å². The molecule has 0 saturated carbocycles. The second kappa shape index (κ2) is 6.58. The molecular weight excluding hydrogens is 290 g/mol. The summed E-state index contributed by atoms with van der Waals surface area (Å²) in [6.45, 7) is 6.59. The molecule has 1 rings (SSSR count). The van der Waals surface area contributed by atoms with Crippen LogP contribution in [0.4, 0.5) is 0 Å². The zero-order valence-corrected chi connectivity index (χ0v) is 13.4. The Morgan fingerprint density at radius 2 is 2.00 bits per heavy atom. The highest BCUT2D eigenvalue weighted by atomic mass is 79.9. The van der Waals surface area contributed by atoms with Gasteiger partial charge in [-0.3, -0.25) is 0 Å². The maximum Gasteiger partial charge on any atom is 0.133 e. The first-order chi connectivity index (χ1) is 8.34. The molecule has 0 bridgehead atoms. The molecule has 0 aliphatic heterocycles. The summed E-state index contributed by atoms with van der Waals surface area (Å²) in [5.41, 5.74) is 7.68. The molecule has 0 amide bonds. The molecule has 102 valence electrons. The van der Waals surface area contributed by atoms with Crippen molar-refractivity contribution < 1.29 is 4.74 Å². The molecule has 0 aliphatic rings. The zero-order chi connectivity index (χ0) is 13.8. The van der Waals surface area contributed by atoms with Crippen molar-refractivity contribution in [3.05, 3.63) is 28.2 Å². The molecule has 0 saturated heterocycles. The number of halogens is 1. The van der Waals surface area contributed by atoms with Gasteiger partial charge < -0.3 is 10.5 Å². The Balaban J connectivity index is 2.47. The zero-order valence-electron chi connectivity index (χ0n) is 11.8. The molecule has 0 spiro atoms. The minimum atomic E-state index is 0.195. The third-order valence-electron chi connectivity index (χ3n) is 3.31. The van der Waals surface area contributed by atoms with Crippen molar-refractivity contribution in [1.82, 2.24) is 0 Å². The largest absolute Gasteiger partial charge is 0.496 e. The molecule has 1 aromatic carbocycles. The number of rotatable bonds is 5. The lowest BCUT2D eigenvalue weighted by Crippen LogP contribution is -2.34. The number of hydrogen-bond acceptors (Lipinski definition) is 2. The van der Waals surface area contributed by atoms with Gasteiger partial charge in [0, 0.05) is 6.04 Å². The molecule has 0 fully saturated rings. The minimum Gasteiger partial charge on any atom is -0.496 e. The number of nitrogens with two attached hydrogens (primary N) is 1. The van der Waals surface area contributed by atoms with E-state index in [-0.39, 0.29) is 11.5 Å². The van der Waals surface area contributed by atoms with Crippen LogP contribution < -0.4 is 10.5 Å². The van der Waals surface area contributed by atoms with Gasteiger partial charge in [0.25, 0.3) is 0 Å². The topological polar surface area (TPSA) is 35.2 Å². The van der Waals surface area contributed by atoms with Gasteiger partial charge in [-0.15, -0.1) is 0 Å². The number of hydrogen-bond donors (Lipinski definition) is 1. The van der Waals surface area contributed by atoms with E-state index in [0.29, 0.717) is 0 Å². The second-order valence-electron chi connectivity index (χ2n) is 5.83. The molecule has 2 nitrogen and oxygen atoms in total. The van der Waals surface area contributed by atoms with Crippen LogP contribution in [0.15, 0.2) is 22.7 Å². The number of methoxy groups -OCH3 is 1. The van der Waals surface area contributed by atoms with E-state index in [1.54, 1.807) is 7.11 Å². The summed E-state index contributed by atoms with van der Waals surface area (Å²) in [4.78, 5) is 0. The maximum atomic E-state index is 6.16. The summed E-state index contributed by atoms with van der Waals surface area (Å²) in [7, 11) is 1.68. The van der Waals surface area contributed by atoms with Crippen LogP contribution in [0.5, 0.6) is 5.75 Å². The Morgan fingerprint density at radius 1 is 1.33 bits per heavy atom. The molecule has 0 radical (unpaired) electrons. The van der Waals surface area contributed by atoms with Crippen LogP contribution in [0.3, 0.4) is 0 Å². The average molecular weight is 314 g/mol. The first kappa shape index (κ1) is 15.5. The van der Waals surface area contributed by atoms with Crippen molar-refractivity contribution in [1.29, 1.82) is 0 Å². The van der Waals surface area contributed by atoms with Crippen molar-refractivity contribution in [2.75, 3.05) is 7.11 Å². The van der Waals surface area contributed by atoms with Crippen molar-refractivity contribution in [2.24, 2.45) is 11.1 Å². The number of ether oxygens (including phenoxy) is 1. The van der Waals surface area contributed by atoms with E-state index >= 15 is 0 Å². The second-order valence-corrected chi connectivity index (χ2v) is 6.69. The number of benzene rings is 1. The molecule has 1 unspecified atom stereocenters. The van der Waals surface area contributed by atoms with Gasteiger partial charge in [-0.05, 0) is 58.3 Å². The molecule has 0 aromatic heterocycles. The van der Waals surface area contributed by atoms with Gasteiger partial charge >= 0.3 is 0 Å². The fraction of sp³-hybridized carbons (Fsp3) is 0.600. The summed E-state index contributed by atoms with van der Waals surface area (Å²) in [5.74, 6) is 0.880. The number of aryl methyl sites for hydroxylation is 1. The van der Waals surface area contributed by atoms with Crippen LogP contribution in [0.1, 0.15) is 39.2 Å². The SMILES string of the molecule is COc1ccc(CCCC(N)C(C)(C)C)cc1Br. The average Bonchev–Trinajstić information content (AvgIpc) is 2.28. The maximum absolute atomic E-state index is 6.16. The minimum absolute atomic E-state index is 0.195. The van der Waals surface area contributed by atoms with Crippen molar-refractivity contribution in [2.45, 2.75) is 46.1 Å². The lowest BCUT2D eigenvalue weighted by Gasteiger charge is -2.26. The Hall–Kier alpha value is -0.540. The first-order valence-corrected chi connectivity index (χ1v) is 7.22. The molecule has 0 aliphatic carbocycles. The van der Waals surface area contributed by atoms with E-state index in [1.807, 2.05) is 6.07 Å². The predicted octanol–water partition coefficient (Wildman–Crippen LogP) is 4.15. The van der Waals surface area contributed by atoms with Gasteiger partial charge in [-0.25, -0.2) is 0 Å². The summed E-state index contributed by atoms with van der Waals surface area (Å²) < 4.78 is 6.24. The summed E-state index contributed by atoms with van der Waals surface area (Å²) in [6, 6.07) is 6.51. The van der Waals surface area contributed by atoms with Crippen LogP contribution in [-0.2, 0) is 6.42 Å². The van der Waals surface area contributed by atoms with Gasteiger partial charge in [-0.2, -0.15) is 0 Å². The fourth-order valence-electron chi connectivity index (χ4n) is 1.82. The summed E-state index contributed by atoms with van der Waals surface area (Å²) in [5, 5.41) is 0. The molecule has 1 aromatic rings. The van der Waals surface area contributed by atoms with E-state index in [9.17, 15) is 0 Å². The van der Waals surface area contributed by atoms with Crippen molar-refractivity contribution >= 4 is 15.9 Å². The van der Waals surface area contributed by atoms with E-state index in [2.05, 4.69) is 48.8 Å². The van der Waals surface area contributed by atoms with Gasteiger partial charge in [0.05, 0.1) is 11.6 Å². The summed E-state index contributed by atoms with van der Waals surface area (Å²) >= 11 is 3.51. The quantitative estimate of drug-likeness (QED) is 0.886. The molecule has 3 heteroatoms. The highest BCUT2D eigenvalue weighted by Gasteiger charge is 2.19. The molecule has 0 heterocycles. The lowest BCUT2D eigenvalue weighted by atomic mass is 9.84. The third kappa shape index (κ3) is 4.62. The fourth-order valence-corrected chi connectivity index (χ4v) is 2.41. The molecule has 18 heavy (non-hydrogen) atoms. The Bertz CT molecular complexity index is 385. The van der Waals surface area contributed by atoms with E-state index in [4.69, 9.17) is 10.5 Å². The normalized spacial score (nSPS) is 13.4. The standard InChI is InChI=1S/C15H24BrNO/c1-15(2,3)14(17)7-5-6-11-8-9-13(18-4)12(16)10-11/h8-10,14H,5-7,17H2,1-4H3. The molecular formula is C15H24BrNO. The highest BCUT2D eigenvalue weighted by molar-refractivity contribution is 9.10. The van der Waals surface area contributed by atoms with Crippen LogP contribution in [0.2, 0.25) is 0 Å². The van der Waals surface area contributed by atoms with E-state index < -0.39 is 0 Å². The van der Waals surface area contributed by atoms with Gasteiger partial charge in [0.15, 0.2) is 0 Å². The van der Waals surface area contributed by atoms with Gasteiger partial charge in [0.2, 0.25) is 0 Å². The van der Waals surface area contributed by atoms with Gasteiger partial charge in [-0.1, -0.05) is 26.8 Å². The Morgan fingerprint density at radius 3 is 2.50 bits per heavy atom. The van der Waals surface area contributed by atoms with Gasteiger partial charge in [0.1, 0.15) is 5.75 Å². The monoisotopic (exact) mass is 313 g/mol. The molecule has 2 N–H and O–H groups in total. The Kier molecular flexibility index (Phi) is 5.67. The Labute approximate surface area is 119 Å². The first-order valence-electron chi connectivity index (χ1n) is 6.42. The van der Waals surface area contributed by atoms with E-state index in [0.717, 1.165) is 29.5 Å². The van der Waals surface area contributed by atoms with Crippen molar-refractivity contribution in [3.63, 3.8) is 0 Å². The smallest absolute Gasteiger partial charge is 0.133 e. The lowest BCUT2D eigenvalue weighted by molar-refractivity contribution is 0.301. The van der Waals surface area contributed by atoms with E-state index in [1.165, 1.54) is 5.56 Å². The third-order valence-corrected chi connectivity index (χ3v) is 3.93. The van der Waals surface area contributed by atoms with Crippen LogP contribution in [0.25, 0.3) is 0 Å². The van der Waals surface area contributed by atoms with Crippen LogP contribution in [0, 0.1) is 5.41 Å².